The molecular formula is C12H18N4O2. The summed E-state index contributed by atoms with van der Waals surface area (Å²) in [6.07, 6.45) is 5.40. The van der Waals surface area contributed by atoms with Crippen molar-refractivity contribution in [2.24, 2.45) is 7.05 Å². The molecule has 0 aliphatic rings. The van der Waals surface area contributed by atoms with Crippen LogP contribution in [0.3, 0.4) is 0 Å². The molecule has 2 N–H and O–H groups in total. The Bertz CT molecular complexity index is 650. The van der Waals surface area contributed by atoms with Crippen molar-refractivity contribution in [3.8, 4) is 0 Å². The third kappa shape index (κ3) is 2.37. The lowest BCUT2D eigenvalue weighted by atomic mass is 10.1. The summed E-state index contributed by atoms with van der Waals surface area (Å²) in [6.45, 7) is 2.16. The third-order valence-corrected chi connectivity index (χ3v) is 3.07. The second-order valence-electron chi connectivity index (χ2n) is 4.51. The summed E-state index contributed by atoms with van der Waals surface area (Å²) < 4.78 is 1.35. The first-order chi connectivity index (χ1) is 8.63. The molecule has 0 aliphatic carbocycles. The van der Waals surface area contributed by atoms with Gasteiger partial charge in [-0.1, -0.05) is 26.2 Å². The number of hydrogen-bond acceptors (Lipinski definition) is 3. The molecule has 0 amide bonds. The smallest absolute Gasteiger partial charge is 0.329 e. The Labute approximate surface area is 104 Å². The highest BCUT2D eigenvalue weighted by Gasteiger charge is 2.10. The van der Waals surface area contributed by atoms with Crippen molar-refractivity contribution in [3.05, 3.63) is 26.7 Å². The van der Waals surface area contributed by atoms with Crippen LogP contribution in [0.15, 0.2) is 9.59 Å². The molecule has 0 radical (unpaired) electrons. The zero-order valence-electron chi connectivity index (χ0n) is 10.7. The number of nitrogens with zero attached hydrogens (tertiary/aromatic N) is 2. The number of nitrogens with one attached hydrogen (secondary N) is 2. The van der Waals surface area contributed by atoms with Gasteiger partial charge >= 0.3 is 5.69 Å². The monoisotopic (exact) mass is 250 g/mol. The molecule has 0 fully saturated rings. The third-order valence-electron chi connectivity index (χ3n) is 3.07. The molecule has 2 rings (SSSR count). The van der Waals surface area contributed by atoms with Crippen molar-refractivity contribution < 1.29 is 0 Å². The van der Waals surface area contributed by atoms with Gasteiger partial charge in [-0.05, 0) is 6.42 Å². The zero-order valence-corrected chi connectivity index (χ0v) is 10.7. The molecule has 0 saturated heterocycles. The molecule has 0 atom stereocenters. The van der Waals surface area contributed by atoms with Crippen LogP contribution in [0, 0.1) is 0 Å². The Kier molecular flexibility index (Phi) is 3.64. The second-order valence-corrected chi connectivity index (χ2v) is 4.51. The van der Waals surface area contributed by atoms with E-state index in [1.807, 2.05) is 0 Å². The number of H-pyrrole nitrogens is 2. The lowest BCUT2D eigenvalue weighted by molar-refractivity contribution is 0.655. The molecule has 2 heterocycles. The largest absolute Gasteiger partial charge is 0.336 e. The lowest BCUT2D eigenvalue weighted by Crippen LogP contribution is -2.28. The molecule has 2 aromatic rings. The fraction of sp³-hybridized carbons (Fsp3) is 0.583. The van der Waals surface area contributed by atoms with Crippen molar-refractivity contribution in [1.82, 2.24) is 19.5 Å². The van der Waals surface area contributed by atoms with Crippen molar-refractivity contribution in [1.29, 1.82) is 0 Å². The predicted octanol–water partition coefficient (Wildman–Crippen LogP) is 1.07. The van der Waals surface area contributed by atoms with E-state index >= 15 is 0 Å². The van der Waals surface area contributed by atoms with Crippen LogP contribution in [0.5, 0.6) is 0 Å². The first kappa shape index (κ1) is 12.6. The van der Waals surface area contributed by atoms with Crippen molar-refractivity contribution >= 4 is 11.2 Å². The summed E-state index contributed by atoms with van der Waals surface area (Å²) in [5.41, 5.74) is -0.0335. The summed E-state index contributed by atoms with van der Waals surface area (Å²) in [5, 5.41) is 0. The van der Waals surface area contributed by atoms with Crippen molar-refractivity contribution in [3.63, 3.8) is 0 Å². The Morgan fingerprint density at radius 1 is 1.17 bits per heavy atom. The van der Waals surface area contributed by atoms with E-state index in [-0.39, 0.29) is 0 Å². The normalized spacial score (nSPS) is 11.2. The van der Waals surface area contributed by atoms with Crippen LogP contribution in [0.1, 0.15) is 38.4 Å². The number of imidazole rings is 1. The number of hydrogen-bond donors (Lipinski definition) is 2. The number of aryl methyl sites for hydroxylation is 2. The van der Waals surface area contributed by atoms with Crippen LogP contribution in [0.4, 0.5) is 0 Å². The maximum absolute atomic E-state index is 11.6. The minimum atomic E-state index is -0.434. The molecule has 18 heavy (non-hydrogen) atoms. The number of rotatable bonds is 5. The molecule has 0 aromatic carbocycles. The minimum Gasteiger partial charge on any atom is -0.336 e. The van der Waals surface area contributed by atoms with E-state index in [4.69, 9.17) is 0 Å². The van der Waals surface area contributed by atoms with Crippen LogP contribution in [-0.4, -0.2) is 19.5 Å². The fourth-order valence-corrected chi connectivity index (χ4v) is 1.99. The van der Waals surface area contributed by atoms with Gasteiger partial charge in [-0.2, -0.15) is 0 Å². The van der Waals surface area contributed by atoms with Crippen molar-refractivity contribution in [2.45, 2.75) is 39.0 Å². The molecule has 6 heteroatoms. The van der Waals surface area contributed by atoms with Crippen LogP contribution >= 0.6 is 0 Å². The molecule has 6 nitrogen and oxygen atoms in total. The molecule has 0 aliphatic heterocycles. The van der Waals surface area contributed by atoms with Crippen LogP contribution < -0.4 is 11.2 Å². The van der Waals surface area contributed by atoms with E-state index in [0.717, 1.165) is 25.1 Å². The number of fused-ring (bicyclic) bond motifs is 1. The Hall–Kier alpha value is -1.85. The van der Waals surface area contributed by atoms with E-state index in [1.54, 1.807) is 7.05 Å². The van der Waals surface area contributed by atoms with E-state index in [2.05, 4.69) is 21.9 Å². The first-order valence-corrected chi connectivity index (χ1v) is 6.31. The Morgan fingerprint density at radius 3 is 2.67 bits per heavy atom. The van der Waals surface area contributed by atoms with Gasteiger partial charge in [0, 0.05) is 13.5 Å². The van der Waals surface area contributed by atoms with Crippen LogP contribution in [-0.2, 0) is 13.5 Å². The molecule has 0 bridgehead atoms. The van der Waals surface area contributed by atoms with Crippen molar-refractivity contribution in [2.75, 3.05) is 0 Å². The standard InChI is InChI=1S/C12H18N4O2/c1-3-4-5-6-7-8-13-9-10(14-8)16(2)12(18)15-11(9)17/h3-7H2,1-2H3,(H,13,14)(H,15,17,18). The molecule has 0 saturated carbocycles. The quantitative estimate of drug-likeness (QED) is 0.779. The maximum Gasteiger partial charge on any atom is 0.329 e. The average molecular weight is 250 g/mol. The van der Waals surface area contributed by atoms with Gasteiger partial charge < -0.3 is 4.98 Å². The number of aromatic amines is 2. The predicted molar refractivity (Wildman–Crippen MR) is 69.8 cm³/mol. The minimum absolute atomic E-state index is 0.377. The summed E-state index contributed by atoms with van der Waals surface area (Å²) in [4.78, 5) is 32.6. The average Bonchev–Trinajstić information content (AvgIpc) is 2.77. The summed E-state index contributed by atoms with van der Waals surface area (Å²) in [7, 11) is 1.60. The molecular weight excluding hydrogens is 232 g/mol. The summed E-state index contributed by atoms with van der Waals surface area (Å²) >= 11 is 0. The zero-order chi connectivity index (χ0) is 13.1. The van der Waals surface area contributed by atoms with Gasteiger partial charge in [-0.3, -0.25) is 14.3 Å². The van der Waals surface area contributed by atoms with Crippen LogP contribution in [0.2, 0.25) is 0 Å². The summed E-state index contributed by atoms with van der Waals surface area (Å²) in [6, 6.07) is 0. The number of aromatic nitrogens is 4. The second kappa shape index (κ2) is 5.20. The van der Waals surface area contributed by atoms with E-state index < -0.39 is 11.2 Å². The Morgan fingerprint density at radius 2 is 1.94 bits per heavy atom. The maximum atomic E-state index is 11.6. The lowest BCUT2D eigenvalue weighted by Gasteiger charge is -1.96. The first-order valence-electron chi connectivity index (χ1n) is 6.31. The van der Waals surface area contributed by atoms with Gasteiger partial charge in [0.1, 0.15) is 11.3 Å². The SMILES string of the molecule is CCCCCCc1nc2c([nH]1)c(=O)[nH]c(=O)n2C. The molecule has 0 unspecified atom stereocenters. The fourth-order valence-electron chi connectivity index (χ4n) is 1.99. The molecule has 2 aromatic heterocycles. The van der Waals surface area contributed by atoms with E-state index in [1.165, 1.54) is 17.4 Å². The highest BCUT2D eigenvalue weighted by Crippen LogP contribution is 2.08. The van der Waals surface area contributed by atoms with Gasteiger partial charge in [0.25, 0.3) is 5.56 Å². The van der Waals surface area contributed by atoms with Gasteiger partial charge in [-0.25, -0.2) is 9.78 Å². The van der Waals surface area contributed by atoms with Crippen LogP contribution in [0.25, 0.3) is 11.2 Å². The van der Waals surface area contributed by atoms with Gasteiger partial charge in [0.2, 0.25) is 0 Å². The van der Waals surface area contributed by atoms with E-state index in [9.17, 15) is 9.59 Å². The van der Waals surface area contributed by atoms with Gasteiger partial charge in [0.05, 0.1) is 0 Å². The topological polar surface area (TPSA) is 83.5 Å². The van der Waals surface area contributed by atoms with Gasteiger partial charge in [0.15, 0.2) is 5.65 Å². The highest BCUT2D eigenvalue weighted by atomic mass is 16.2. The van der Waals surface area contributed by atoms with Gasteiger partial charge in [-0.15, -0.1) is 0 Å². The Balaban J connectivity index is 2.27. The van der Waals surface area contributed by atoms with E-state index in [0.29, 0.717) is 11.2 Å². The highest BCUT2D eigenvalue weighted by molar-refractivity contribution is 5.69. The number of unbranched alkanes of at least 4 members (excludes halogenated alkanes) is 3. The summed E-state index contributed by atoms with van der Waals surface area (Å²) in [5.74, 6) is 0.771. The molecule has 0 spiro atoms. The molecule has 98 valence electrons.